The van der Waals surface area contributed by atoms with Gasteiger partial charge in [-0.15, -0.1) is 0 Å². The topological polar surface area (TPSA) is 74.6 Å². The van der Waals surface area contributed by atoms with Crippen molar-refractivity contribution in [3.05, 3.63) is 0 Å². The van der Waals surface area contributed by atoms with Gasteiger partial charge in [0, 0.05) is 0 Å². The van der Waals surface area contributed by atoms with Crippen LogP contribution in [-0.2, 0) is 9.59 Å². The van der Waals surface area contributed by atoms with Crippen molar-refractivity contribution in [2.24, 2.45) is 5.92 Å². The van der Waals surface area contributed by atoms with E-state index < -0.39 is 23.5 Å². The van der Waals surface area contributed by atoms with Gasteiger partial charge < -0.3 is 10.2 Å². The molecule has 0 bridgehead atoms. The van der Waals surface area contributed by atoms with E-state index in [-0.39, 0.29) is 12.8 Å². The highest BCUT2D eigenvalue weighted by molar-refractivity contribution is 5.86. The number of aliphatic carboxylic acids is 2. The highest BCUT2D eigenvalue weighted by Crippen LogP contribution is 2.39. The standard InChI is InChI=1S/C7H9FO4/c8-7(6(11)12)3-1-2-4(7)5(9)10/h4H,1-3H2,(H,9,10)(H,11,12). The molecule has 1 rings (SSSR count). The van der Waals surface area contributed by atoms with Gasteiger partial charge in [0.05, 0.1) is 0 Å². The third-order valence-electron chi connectivity index (χ3n) is 2.24. The summed E-state index contributed by atoms with van der Waals surface area (Å²) in [5, 5.41) is 16.9. The second-order valence-corrected chi connectivity index (χ2v) is 2.95. The molecule has 0 aliphatic heterocycles. The largest absolute Gasteiger partial charge is 0.481 e. The van der Waals surface area contributed by atoms with Gasteiger partial charge in [-0.1, -0.05) is 0 Å². The van der Waals surface area contributed by atoms with Gasteiger partial charge in [-0.3, -0.25) is 4.79 Å². The first kappa shape index (κ1) is 8.96. The predicted molar refractivity (Wildman–Crippen MR) is 36.5 cm³/mol. The summed E-state index contributed by atoms with van der Waals surface area (Å²) < 4.78 is 13.4. The van der Waals surface area contributed by atoms with Crippen LogP contribution in [0.1, 0.15) is 19.3 Å². The highest BCUT2D eigenvalue weighted by Gasteiger charge is 2.53. The summed E-state index contributed by atoms with van der Waals surface area (Å²) >= 11 is 0. The lowest BCUT2D eigenvalue weighted by Gasteiger charge is -2.18. The van der Waals surface area contributed by atoms with E-state index >= 15 is 0 Å². The fourth-order valence-corrected chi connectivity index (χ4v) is 1.54. The van der Waals surface area contributed by atoms with Gasteiger partial charge in [-0.05, 0) is 19.3 Å². The number of rotatable bonds is 2. The first-order valence-corrected chi connectivity index (χ1v) is 3.63. The van der Waals surface area contributed by atoms with Crippen LogP contribution in [0.3, 0.4) is 0 Å². The molecule has 2 unspecified atom stereocenters. The van der Waals surface area contributed by atoms with Gasteiger partial charge in [0.1, 0.15) is 5.92 Å². The maximum atomic E-state index is 13.4. The molecule has 0 saturated heterocycles. The monoisotopic (exact) mass is 176 g/mol. The van der Waals surface area contributed by atoms with Crippen LogP contribution in [-0.4, -0.2) is 27.8 Å². The van der Waals surface area contributed by atoms with Crippen LogP contribution in [0.25, 0.3) is 0 Å². The number of hydrogen-bond donors (Lipinski definition) is 2. The summed E-state index contributed by atoms with van der Waals surface area (Å²) in [6.45, 7) is 0. The predicted octanol–water partition coefficient (Wildman–Crippen LogP) is 0.664. The molecular formula is C7H9FO4. The van der Waals surface area contributed by atoms with Gasteiger partial charge in [0.15, 0.2) is 0 Å². The van der Waals surface area contributed by atoms with Crippen LogP contribution in [0, 0.1) is 5.92 Å². The van der Waals surface area contributed by atoms with Gasteiger partial charge in [-0.25, -0.2) is 9.18 Å². The molecule has 12 heavy (non-hydrogen) atoms. The summed E-state index contributed by atoms with van der Waals surface area (Å²) in [5.41, 5.74) is -2.55. The number of carbonyl (C=O) groups is 2. The normalized spacial score (nSPS) is 34.9. The van der Waals surface area contributed by atoms with Gasteiger partial charge in [0.2, 0.25) is 5.67 Å². The molecule has 4 nitrogen and oxygen atoms in total. The second kappa shape index (κ2) is 2.73. The first-order chi connectivity index (χ1) is 5.48. The molecule has 0 amide bonds. The zero-order valence-corrected chi connectivity index (χ0v) is 6.29. The third kappa shape index (κ3) is 1.15. The molecule has 5 heteroatoms. The molecule has 1 saturated carbocycles. The SMILES string of the molecule is O=C(O)C1CCCC1(F)C(=O)O. The quantitative estimate of drug-likeness (QED) is 0.648. The lowest BCUT2D eigenvalue weighted by molar-refractivity contribution is -0.162. The average Bonchev–Trinajstić information content (AvgIpc) is 2.32. The van der Waals surface area contributed by atoms with E-state index in [2.05, 4.69) is 0 Å². The Balaban J connectivity index is 2.89. The summed E-state index contributed by atoms with van der Waals surface area (Å²) in [5.74, 6) is -4.40. The van der Waals surface area contributed by atoms with Crippen molar-refractivity contribution in [3.8, 4) is 0 Å². The minimum atomic E-state index is -2.55. The zero-order chi connectivity index (χ0) is 9.35. The smallest absolute Gasteiger partial charge is 0.342 e. The highest BCUT2D eigenvalue weighted by atomic mass is 19.1. The number of carboxylic acids is 2. The molecule has 0 aromatic heterocycles. The second-order valence-electron chi connectivity index (χ2n) is 2.95. The Morgan fingerprint density at radius 2 is 2.00 bits per heavy atom. The first-order valence-electron chi connectivity index (χ1n) is 3.63. The molecular weight excluding hydrogens is 167 g/mol. The molecule has 0 spiro atoms. The van der Waals surface area contributed by atoms with Crippen LogP contribution in [0.4, 0.5) is 4.39 Å². The Morgan fingerprint density at radius 1 is 1.42 bits per heavy atom. The number of carboxylic acid groups (broad SMARTS) is 2. The Kier molecular flexibility index (Phi) is 2.04. The summed E-state index contributed by atoms with van der Waals surface area (Å²) in [6, 6.07) is 0. The average molecular weight is 176 g/mol. The van der Waals surface area contributed by atoms with E-state index in [1.54, 1.807) is 0 Å². The Hall–Kier alpha value is -1.13. The molecule has 0 heterocycles. The van der Waals surface area contributed by atoms with Gasteiger partial charge in [-0.2, -0.15) is 0 Å². The summed E-state index contributed by atoms with van der Waals surface area (Å²) in [6.07, 6.45) is 0.233. The minimum Gasteiger partial charge on any atom is -0.481 e. The van der Waals surface area contributed by atoms with Crippen molar-refractivity contribution < 1.29 is 24.2 Å². The van der Waals surface area contributed by atoms with Crippen molar-refractivity contribution in [1.82, 2.24) is 0 Å². The Labute approximate surface area is 68.0 Å². The van der Waals surface area contributed by atoms with E-state index in [1.165, 1.54) is 0 Å². The van der Waals surface area contributed by atoms with Crippen molar-refractivity contribution in [3.63, 3.8) is 0 Å². The molecule has 1 fully saturated rings. The van der Waals surface area contributed by atoms with Crippen LogP contribution < -0.4 is 0 Å². The molecule has 1 aliphatic carbocycles. The maximum absolute atomic E-state index is 13.4. The van der Waals surface area contributed by atoms with E-state index in [4.69, 9.17) is 10.2 Å². The van der Waals surface area contributed by atoms with Crippen LogP contribution in [0.5, 0.6) is 0 Å². The molecule has 0 radical (unpaired) electrons. The minimum absolute atomic E-state index is 0.109. The van der Waals surface area contributed by atoms with Crippen LogP contribution >= 0.6 is 0 Å². The Bertz CT molecular complexity index is 227. The third-order valence-corrected chi connectivity index (χ3v) is 2.24. The lowest BCUT2D eigenvalue weighted by Crippen LogP contribution is -2.41. The molecule has 0 aromatic carbocycles. The lowest BCUT2D eigenvalue weighted by atomic mass is 9.93. The number of alkyl halides is 1. The molecule has 68 valence electrons. The Morgan fingerprint density at radius 3 is 2.33 bits per heavy atom. The van der Waals surface area contributed by atoms with Crippen LogP contribution in [0.2, 0.25) is 0 Å². The zero-order valence-electron chi connectivity index (χ0n) is 6.29. The van der Waals surface area contributed by atoms with E-state index in [0.717, 1.165) is 0 Å². The molecule has 2 atom stereocenters. The van der Waals surface area contributed by atoms with Crippen molar-refractivity contribution >= 4 is 11.9 Å². The maximum Gasteiger partial charge on any atom is 0.342 e. The van der Waals surface area contributed by atoms with Gasteiger partial charge >= 0.3 is 11.9 Å². The summed E-state index contributed by atoms with van der Waals surface area (Å²) in [7, 11) is 0. The number of hydrogen-bond acceptors (Lipinski definition) is 2. The number of halogens is 1. The van der Waals surface area contributed by atoms with E-state index in [9.17, 15) is 14.0 Å². The fourth-order valence-electron chi connectivity index (χ4n) is 1.54. The van der Waals surface area contributed by atoms with E-state index in [1.807, 2.05) is 0 Å². The molecule has 0 aromatic rings. The van der Waals surface area contributed by atoms with E-state index in [0.29, 0.717) is 6.42 Å². The fraction of sp³-hybridized carbons (Fsp3) is 0.714. The van der Waals surface area contributed by atoms with Crippen molar-refractivity contribution in [1.29, 1.82) is 0 Å². The van der Waals surface area contributed by atoms with Crippen LogP contribution in [0.15, 0.2) is 0 Å². The summed E-state index contributed by atoms with van der Waals surface area (Å²) in [4.78, 5) is 20.8. The van der Waals surface area contributed by atoms with Crippen molar-refractivity contribution in [2.75, 3.05) is 0 Å². The molecule has 2 N–H and O–H groups in total. The molecule has 1 aliphatic rings. The van der Waals surface area contributed by atoms with Gasteiger partial charge in [0.25, 0.3) is 0 Å². The van der Waals surface area contributed by atoms with Crippen molar-refractivity contribution in [2.45, 2.75) is 24.9 Å².